The summed E-state index contributed by atoms with van der Waals surface area (Å²) in [6.07, 6.45) is 1.52. The van der Waals surface area contributed by atoms with Crippen LogP contribution in [0.2, 0.25) is 5.02 Å². The molecule has 0 bridgehead atoms. The van der Waals surface area contributed by atoms with Crippen molar-refractivity contribution in [3.05, 3.63) is 63.4 Å². The van der Waals surface area contributed by atoms with Gasteiger partial charge < -0.3 is 5.32 Å². The van der Waals surface area contributed by atoms with Crippen molar-refractivity contribution in [2.45, 2.75) is 33.7 Å². The molecule has 21 heavy (non-hydrogen) atoms. The third kappa shape index (κ3) is 3.61. The molecule has 0 aliphatic rings. The molecule has 1 aromatic heterocycles. The topological polar surface area (TPSA) is 42.0 Å². The molecule has 0 fully saturated rings. The maximum atomic E-state index is 12.3. The number of halogens is 1. The first kappa shape index (κ1) is 15.5. The second kappa shape index (κ2) is 6.27. The third-order valence-corrected chi connectivity index (χ3v) is 3.79. The van der Waals surface area contributed by atoms with E-state index in [-0.39, 0.29) is 11.9 Å². The van der Waals surface area contributed by atoms with Crippen molar-refractivity contribution >= 4 is 17.5 Å². The molecule has 0 spiro atoms. The summed E-state index contributed by atoms with van der Waals surface area (Å²) < 4.78 is 0. The number of aryl methyl sites for hydroxylation is 3. The van der Waals surface area contributed by atoms with E-state index in [1.807, 2.05) is 32.9 Å². The van der Waals surface area contributed by atoms with E-state index in [1.54, 1.807) is 6.07 Å². The van der Waals surface area contributed by atoms with E-state index in [1.165, 1.54) is 11.8 Å². The number of hydrogen-bond acceptors (Lipinski definition) is 2. The molecule has 1 atom stereocenters. The fraction of sp³-hybridized carbons (Fsp3) is 0.294. The fourth-order valence-electron chi connectivity index (χ4n) is 2.36. The number of nitrogens with one attached hydrogen (secondary N) is 1. The quantitative estimate of drug-likeness (QED) is 0.925. The van der Waals surface area contributed by atoms with Crippen LogP contribution in [-0.2, 0) is 0 Å². The summed E-state index contributed by atoms with van der Waals surface area (Å²) in [4.78, 5) is 16.4. The Kier molecular flexibility index (Phi) is 4.63. The Hall–Kier alpha value is -1.87. The molecule has 0 aliphatic heterocycles. The molecule has 110 valence electrons. The standard InChI is InChI=1S/C17H19ClN2O/c1-10-5-6-14(11(2)7-10)13(4)20-17(21)15-9-19-12(3)8-16(15)18/h5-9,13H,1-4H3,(H,20,21). The largest absolute Gasteiger partial charge is 0.345 e. The van der Waals surface area contributed by atoms with E-state index in [4.69, 9.17) is 11.6 Å². The number of benzene rings is 1. The number of aromatic nitrogens is 1. The summed E-state index contributed by atoms with van der Waals surface area (Å²) in [6, 6.07) is 7.81. The van der Waals surface area contributed by atoms with E-state index in [2.05, 4.69) is 23.3 Å². The first-order valence-corrected chi connectivity index (χ1v) is 7.26. The summed E-state index contributed by atoms with van der Waals surface area (Å²) in [5.41, 5.74) is 4.67. The molecule has 2 aromatic rings. The van der Waals surface area contributed by atoms with Crippen LogP contribution >= 0.6 is 11.6 Å². The molecule has 0 radical (unpaired) electrons. The number of nitrogens with zero attached hydrogens (tertiary/aromatic N) is 1. The van der Waals surface area contributed by atoms with Crippen LogP contribution in [0.4, 0.5) is 0 Å². The predicted octanol–water partition coefficient (Wildman–Crippen LogP) is 4.15. The van der Waals surface area contributed by atoms with Gasteiger partial charge in [-0.05, 0) is 44.9 Å². The highest BCUT2D eigenvalue weighted by molar-refractivity contribution is 6.33. The highest BCUT2D eigenvalue weighted by Gasteiger charge is 2.16. The number of carbonyl (C=O) groups excluding carboxylic acids is 1. The van der Waals surface area contributed by atoms with Crippen molar-refractivity contribution in [3.8, 4) is 0 Å². The molecule has 1 aromatic carbocycles. The monoisotopic (exact) mass is 302 g/mol. The lowest BCUT2D eigenvalue weighted by Gasteiger charge is -2.17. The van der Waals surface area contributed by atoms with E-state index in [0.29, 0.717) is 10.6 Å². The van der Waals surface area contributed by atoms with Crippen LogP contribution in [0.5, 0.6) is 0 Å². The van der Waals surface area contributed by atoms with Gasteiger partial charge in [-0.25, -0.2) is 0 Å². The average Bonchev–Trinajstić information content (AvgIpc) is 2.37. The number of rotatable bonds is 3. The minimum absolute atomic E-state index is 0.0875. The van der Waals surface area contributed by atoms with Gasteiger partial charge in [-0.3, -0.25) is 9.78 Å². The Morgan fingerprint density at radius 1 is 1.24 bits per heavy atom. The zero-order valence-electron chi connectivity index (χ0n) is 12.7. The van der Waals surface area contributed by atoms with E-state index < -0.39 is 0 Å². The number of carbonyl (C=O) groups is 1. The lowest BCUT2D eigenvalue weighted by molar-refractivity contribution is 0.0939. The first-order chi connectivity index (χ1) is 9.88. The van der Waals surface area contributed by atoms with Gasteiger partial charge in [0.1, 0.15) is 0 Å². The van der Waals surface area contributed by atoms with Crippen LogP contribution in [-0.4, -0.2) is 10.9 Å². The van der Waals surface area contributed by atoms with Gasteiger partial charge in [0.15, 0.2) is 0 Å². The summed E-state index contributed by atoms with van der Waals surface area (Å²) >= 11 is 6.11. The predicted molar refractivity (Wildman–Crippen MR) is 85.8 cm³/mol. The molecule has 2 rings (SSSR count). The third-order valence-electron chi connectivity index (χ3n) is 3.47. The summed E-state index contributed by atoms with van der Waals surface area (Å²) in [7, 11) is 0. The lowest BCUT2D eigenvalue weighted by atomic mass is 10.00. The molecule has 0 aliphatic carbocycles. The summed E-state index contributed by atoms with van der Waals surface area (Å²) in [5.74, 6) is -0.208. The Balaban J connectivity index is 2.18. The molecular weight excluding hydrogens is 284 g/mol. The van der Waals surface area contributed by atoms with Crippen LogP contribution < -0.4 is 5.32 Å². The number of amides is 1. The first-order valence-electron chi connectivity index (χ1n) is 6.88. The van der Waals surface area contributed by atoms with Crippen LogP contribution in [0.25, 0.3) is 0 Å². The normalized spacial score (nSPS) is 12.0. The maximum Gasteiger partial charge on any atom is 0.254 e. The highest BCUT2D eigenvalue weighted by Crippen LogP contribution is 2.21. The molecule has 0 saturated heterocycles. The van der Waals surface area contributed by atoms with Crippen LogP contribution in [0.1, 0.15) is 45.7 Å². The van der Waals surface area contributed by atoms with Gasteiger partial charge in [0.05, 0.1) is 16.6 Å². The zero-order valence-corrected chi connectivity index (χ0v) is 13.5. The lowest BCUT2D eigenvalue weighted by Crippen LogP contribution is -2.27. The van der Waals surface area contributed by atoms with Gasteiger partial charge in [0.25, 0.3) is 5.91 Å². The van der Waals surface area contributed by atoms with Gasteiger partial charge in [0, 0.05) is 11.9 Å². The average molecular weight is 303 g/mol. The number of hydrogen-bond donors (Lipinski definition) is 1. The molecule has 4 heteroatoms. The highest BCUT2D eigenvalue weighted by atomic mass is 35.5. The molecule has 1 unspecified atom stereocenters. The van der Waals surface area contributed by atoms with Gasteiger partial charge in [-0.15, -0.1) is 0 Å². The Morgan fingerprint density at radius 3 is 2.57 bits per heavy atom. The van der Waals surface area contributed by atoms with Gasteiger partial charge >= 0.3 is 0 Å². The summed E-state index contributed by atoms with van der Waals surface area (Å²) in [6.45, 7) is 7.90. The van der Waals surface area contributed by atoms with Crippen molar-refractivity contribution in [2.75, 3.05) is 0 Å². The van der Waals surface area contributed by atoms with Crippen LogP contribution in [0, 0.1) is 20.8 Å². The van der Waals surface area contributed by atoms with Gasteiger partial charge in [0.2, 0.25) is 0 Å². The van der Waals surface area contributed by atoms with Crippen molar-refractivity contribution in [1.29, 1.82) is 0 Å². The van der Waals surface area contributed by atoms with Gasteiger partial charge in [-0.1, -0.05) is 35.4 Å². The van der Waals surface area contributed by atoms with Crippen LogP contribution in [0.3, 0.4) is 0 Å². The van der Waals surface area contributed by atoms with E-state index in [9.17, 15) is 4.79 Å². The van der Waals surface area contributed by atoms with E-state index in [0.717, 1.165) is 16.8 Å². The second-order valence-electron chi connectivity index (χ2n) is 5.36. The smallest absolute Gasteiger partial charge is 0.254 e. The Morgan fingerprint density at radius 2 is 1.95 bits per heavy atom. The SMILES string of the molecule is Cc1ccc(C(C)NC(=O)c2cnc(C)cc2Cl)c(C)c1. The number of pyridine rings is 1. The second-order valence-corrected chi connectivity index (χ2v) is 5.77. The molecule has 1 amide bonds. The molecule has 0 saturated carbocycles. The zero-order chi connectivity index (χ0) is 15.6. The van der Waals surface area contributed by atoms with E-state index >= 15 is 0 Å². The van der Waals surface area contributed by atoms with Crippen molar-refractivity contribution < 1.29 is 4.79 Å². The van der Waals surface area contributed by atoms with Crippen LogP contribution in [0.15, 0.2) is 30.5 Å². The molecule has 3 nitrogen and oxygen atoms in total. The van der Waals surface area contributed by atoms with Gasteiger partial charge in [-0.2, -0.15) is 0 Å². The molecular formula is C17H19ClN2O. The summed E-state index contributed by atoms with van der Waals surface area (Å²) in [5, 5.41) is 3.39. The molecule has 1 heterocycles. The minimum atomic E-state index is -0.208. The minimum Gasteiger partial charge on any atom is -0.345 e. The molecule has 1 N–H and O–H groups in total. The van der Waals surface area contributed by atoms with Crippen molar-refractivity contribution in [1.82, 2.24) is 10.3 Å². The maximum absolute atomic E-state index is 12.3. The Labute approximate surface area is 130 Å². The van der Waals surface area contributed by atoms with Crippen molar-refractivity contribution in [2.24, 2.45) is 0 Å². The van der Waals surface area contributed by atoms with Crippen molar-refractivity contribution in [3.63, 3.8) is 0 Å². The Bertz CT molecular complexity index is 682. The fourth-order valence-corrected chi connectivity index (χ4v) is 2.65.